The van der Waals surface area contributed by atoms with E-state index < -0.39 is 11.9 Å². The van der Waals surface area contributed by atoms with Crippen molar-refractivity contribution in [2.45, 2.75) is 6.10 Å². The lowest BCUT2D eigenvalue weighted by atomic mass is 10.2. The highest BCUT2D eigenvalue weighted by Crippen LogP contribution is 2.31. The van der Waals surface area contributed by atoms with Crippen molar-refractivity contribution >= 4 is 18.0 Å². The van der Waals surface area contributed by atoms with Crippen LogP contribution in [0, 0.1) is 0 Å². The second kappa shape index (κ2) is 9.50. The maximum atomic E-state index is 12.0. The van der Waals surface area contributed by atoms with Gasteiger partial charge < -0.3 is 29.4 Å². The highest BCUT2D eigenvalue weighted by atomic mass is 16.6. The molecule has 2 aromatic rings. The minimum Gasteiger partial charge on any atom is -0.493 e. The minimum atomic E-state index is -0.588. The summed E-state index contributed by atoms with van der Waals surface area (Å²) < 4.78 is 27.0. The number of amides is 1. The number of fused-ring (bicyclic) bond motifs is 1. The number of esters is 1. The van der Waals surface area contributed by atoms with E-state index in [9.17, 15) is 9.59 Å². The van der Waals surface area contributed by atoms with E-state index in [2.05, 4.69) is 0 Å². The molecule has 3 rings (SSSR count). The van der Waals surface area contributed by atoms with Crippen molar-refractivity contribution in [1.29, 1.82) is 0 Å². The van der Waals surface area contributed by atoms with Crippen LogP contribution >= 0.6 is 0 Å². The summed E-state index contributed by atoms with van der Waals surface area (Å²) in [5, 5.41) is 0. The molecule has 2 N–H and O–H groups in total. The van der Waals surface area contributed by atoms with Crippen LogP contribution in [-0.2, 0) is 14.3 Å². The second-order valence-electron chi connectivity index (χ2n) is 6.13. The molecule has 1 unspecified atom stereocenters. The number of ether oxygens (including phenoxy) is 5. The zero-order chi connectivity index (χ0) is 20.6. The summed E-state index contributed by atoms with van der Waals surface area (Å²) in [6.07, 6.45) is 2.51. The Labute approximate surface area is 167 Å². The third-order valence-corrected chi connectivity index (χ3v) is 3.95. The standard InChI is InChI=1S/C21H21NO7/c1-25-19-10-14(6-8-17(19)27-13-20(22)23)7-9-21(24)28-12-15-11-26-16-4-2-3-5-18(16)29-15/h2-10,15H,11-13H2,1H3,(H2,22,23)/b9-7+. The number of benzene rings is 2. The van der Waals surface area contributed by atoms with E-state index in [4.69, 9.17) is 29.4 Å². The third kappa shape index (κ3) is 5.65. The third-order valence-electron chi connectivity index (χ3n) is 3.95. The molecule has 0 spiro atoms. The van der Waals surface area contributed by atoms with Gasteiger partial charge in [-0.05, 0) is 35.9 Å². The summed E-state index contributed by atoms with van der Waals surface area (Å²) in [7, 11) is 1.47. The fourth-order valence-corrected chi connectivity index (χ4v) is 2.59. The molecule has 1 atom stereocenters. The number of carbonyl (C=O) groups is 2. The average Bonchev–Trinajstić information content (AvgIpc) is 2.74. The number of hydrogen-bond donors (Lipinski definition) is 1. The molecule has 152 valence electrons. The molecule has 2 aromatic carbocycles. The van der Waals surface area contributed by atoms with Gasteiger partial charge in [-0.2, -0.15) is 0 Å². The van der Waals surface area contributed by atoms with Crippen molar-refractivity contribution in [2.75, 3.05) is 26.9 Å². The van der Waals surface area contributed by atoms with Crippen LogP contribution in [0.2, 0.25) is 0 Å². The van der Waals surface area contributed by atoms with Crippen molar-refractivity contribution in [2.24, 2.45) is 5.73 Å². The Balaban J connectivity index is 1.52. The van der Waals surface area contributed by atoms with Crippen molar-refractivity contribution in [3.63, 3.8) is 0 Å². The first-order valence-corrected chi connectivity index (χ1v) is 8.87. The van der Waals surface area contributed by atoms with E-state index in [-0.39, 0.29) is 19.3 Å². The van der Waals surface area contributed by atoms with Crippen LogP contribution in [0.25, 0.3) is 6.08 Å². The average molecular weight is 399 g/mol. The zero-order valence-electron chi connectivity index (χ0n) is 15.8. The Bertz CT molecular complexity index is 910. The van der Waals surface area contributed by atoms with Gasteiger partial charge in [0.05, 0.1) is 7.11 Å². The van der Waals surface area contributed by atoms with Gasteiger partial charge in [0.2, 0.25) is 0 Å². The summed E-state index contributed by atoms with van der Waals surface area (Å²) in [4.78, 5) is 22.8. The van der Waals surface area contributed by atoms with E-state index in [0.29, 0.717) is 35.2 Å². The van der Waals surface area contributed by atoms with E-state index >= 15 is 0 Å². The number of primary amides is 1. The molecule has 8 heteroatoms. The largest absolute Gasteiger partial charge is 0.493 e. The lowest BCUT2D eigenvalue weighted by molar-refractivity contribution is -0.140. The topological polar surface area (TPSA) is 106 Å². The maximum absolute atomic E-state index is 12.0. The van der Waals surface area contributed by atoms with Crippen LogP contribution in [0.4, 0.5) is 0 Å². The number of methoxy groups -OCH3 is 1. The van der Waals surface area contributed by atoms with Crippen molar-refractivity contribution in [1.82, 2.24) is 0 Å². The summed E-state index contributed by atoms with van der Waals surface area (Å²) >= 11 is 0. The van der Waals surface area contributed by atoms with Gasteiger partial charge in [0.1, 0.15) is 13.2 Å². The quantitative estimate of drug-likeness (QED) is 0.534. The molecule has 1 amide bonds. The summed E-state index contributed by atoms with van der Waals surface area (Å²) in [5.41, 5.74) is 5.76. The Kier molecular flexibility index (Phi) is 6.57. The van der Waals surface area contributed by atoms with Crippen molar-refractivity contribution < 1.29 is 33.3 Å². The molecule has 1 aliphatic heterocycles. The van der Waals surface area contributed by atoms with Crippen LogP contribution in [0.3, 0.4) is 0 Å². The lowest BCUT2D eigenvalue weighted by Gasteiger charge is -2.25. The minimum absolute atomic E-state index is 0.0702. The van der Waals surface area contributed by atoms with Gasteiger partial charge in [-0.1, -0.05) is 18.2 Å². The van der Waals surface area contributed by atoms with E-state index in [1.807, 2.05) is 18.2 Å². The number of rotatable bonds is 8. The number of para-hydroxylation sites is 2. The van der Waals surface area contributed by atoms with Gasteiger partial charge in [0.15, 0.2) is 35.7 Å². The fraction of sp³-hybridized carbons (Fsp3) is 0.238. The normalized spacial score (nSPS) is 15.0. The molecule has 1 aliphatic rings. The van der Waals surface area contributed by atoms with E-state index in [0.717, 1.165) is 0 Å². The Morgan fingerprint density at radius 1 is 1.17 bits per heavy atom. The van der Waals surface area contributed by atoms with Gasteiger partial charge >= 0.3 is 5.97 Å². The molecule has 0 bridgehead atoms. The molecule has 29 heavy (non-hydrogen) atoms. The van der Waals surface area contributed by atoms with Gasteiger partial charge in [-0.25, -0.2) is 4.79 Å². The summed E-state index contributed by atoms with van der Waals surface area (Å²) in [6, 6.07) is 12.3. The van der Waals surface area contributed by atoms with Gasteiger partial charge in [-0.3, -0.25) is 4.79 Å². The van der Waals surface area contributed by atoms with Crippen molar-refractivity contribution in [3.05, 3.63) is 54.1 Å². The number of carbonyl (C=O) groups excluding carboxylic acids is 2. The maximum Gasteiger partial charge on any atom is 0.330 e. The molecule has 0 aliphatic carbocycles. The van der Waals surface area contributed by atoms with Crippen molar-refractivity contribution in [3.8, 4) is 23.0 Å². The van der Waals surface area contributed by atoms with E-state index in [1.165, 1.54) is 13.2 Å². The lowest BCUT2D eigenvalue weighted by Crippen LogP contribution is -2.34. The molecule has 0 saturated heterocycles. The zero-order valence-corrected chi connectivity index (χ0v) is 15.8. The number of hydrogen-bond acceptors (Lipinski definition) is 7. The summed E-state index contributed by atoms with van der Waals surface area (Å²) in [5.74, 6) is 0.984. The molecule has 1 heterocycles. The molecular weight excluding hydrogens is 378 g/mol. The van der Waals surface area contributed by atoms with Crippen LogP contribution in [0.1, 0.15) is 5.56 Å². The highest BCUT2D eigenvalue weighted by molar-refractivity contribution is 5.87. The first-order chi connectivity index (χ1) is 14.0. The predicted octanol–water partition coefficient (Wildman–Crippen LogP) is 1.96. The molecular formula is C21H21NO7. The first-order valence-electron chi connectivity index (χ1n) is 8.87. The van der Waals surface area contributed by atoms with Crippen LogP contribution in [0.15, 0.2) is 48.5 Å². The fourth-order valence-electron chi connectivity index (χ4n) is 2.59. The molecule has 0 aromatic heterocycles. The van der Waals surface area contributed by atoms with Crippen LogP contribution < -0.4 is 24.7 Å². The monoisotopic (exact) mass is 399 g/mol. The molecule has 0 fully saturated rings. The Morgan fingerprint density at radius 2 is 1.97 bits per heavy atom. The van der Waals surface area contributed by atoms with Crippen LogP contribution in [0.5, 0.6) is 23.0 Å². The highest BCUT2D eigenvalue weighted by Gasteiger charge is 2.21. The van der Waals surface area contributed by atoms with Gasteiger partial charge in [0.25, 0.3) is 5.91 Å². The number of nitrogens with two attached hydrogens (primary N) is 1. The second-order valence-corrected chi connectivity index (χ2v) is 6.13. The predicted molar refractivity (Wildman–Crippen MR) is 104 cm³/mol. The van der Waals surface area contributed by atoms with Crippen LogP contribution in [-0.4, -0.2) is 44.9 Å². The van der Waals surface area contributed by atoms with Gasteiger partial charge in [-0.15, -0.1) is 0 Å². The molecule has 0 saturated carbocycles. The Morgan fingerprint density at radius 3 is 2.72 bits per heavy atom. The first kappa shape index (κ1) is 20.1. The smallest absolute Gasteiger partial charge is 0.330 e. The Hall–Kier alpha value is -3.68. The molecule has 0 radical (unpaired) electrons. The van der Waals surface area contributed by atoms with Gasteiger partial charge in [0, 0.05) is 6.08 Å². The molecule has 8 nitrogen and oxygen atoms in total. The SMILES string of the molecule is COc1cc(/C=C/C(=O)OCC2COc3ccccc3O2)ccc1OCC(N)=O. The van der Waals surface area contributed by atoms with E-state index in [1.54, 1.807) is 30.3 Å². The summed E-state index contributed by atoms with van der Waals surface area (Å²) in [6.45, 7) is 0.119.